The standard InChI is InChI=1S/C31H32N2O7.2K.2H/c1-19-9-11-25(21-5-3-7-27-23(21)13-15-37-27)32(17-19)29(34)39-31(36)40-30(35)33-18-20(2)10-12-26(33)22-6-4-8-28-24(22)14-16-38-28;;;;/h3-8,11-12,19-20H,9-10,13-18H2,1-2H3;;;;/t19-,20-;;;;/m0..../s1. The van der Waals surface area contributed by atoms with Crippen LogP contribution < -0.4 is 9.47 Å². The summed E-state index contributed by atoms with van der Waals surface area (Å²) in [6.45, 7) is 5.94. The van der Waals surface area contributed by atoms with E-state index in [0.29, 0.717) is 37.7 Å². The van der Waals surface area contributed by atoms with Gasteiger partial charge in [0.05, 0.1) is 24.6 Å². The Kier molecular flexibility index (Phi) is 12.0. The summed E-state index contributed by atoms with van der Waals surface area (Å²) in [4.78, 5) is 42.1. The Hall–Kier alpha value is -0.997. The molecule has 2 atom stereocenters. The van der Waals surface area contributed by atoms with Gasteiger partial charge in [-0.05, 0) is 36.8 Å². The second-order valence-corrected chi connectivity index (χ2v) is 10.8. The number of carbonyl (C=O) groups is 3. The van der Waals surface area contributed by atoms with Gasteiger partial charge in [-0.2, -0.15) is 0 Å². The van der Waals surface area contributed by atoms with Crippen LogP contribution in [-0.4, -0.2) is 157 Å². The zero-order valence-corrected chi connectivity index (χ0v) is 22.7. The Balaban J connectivity index is 0.00000202. The third-order valence-corrected chi connectivity index (χ3v) is 7.82. The first-order valence-electron chi connectivity index (χ1n) is 13.8. The molecule has 2 aromatic carbocycles. The van der Waals surface area contributed by atoms with Gasteiger partial charge in [-0.25, -0.2) is 14.4 Å². The van der Waals surface area contributed by atoms with Crippen molar-refractivity contribution in [2.24, 2.45) is 11.8 Å². The molecule has 0 spiro atoms. The maximum absolute atomic E-state index is 13.2. The summed E-state index contributed by atoms with van der Waals surface area (Å²) in [7, 11) is 0. The van der Waals surface area contributed by atoms with Crippen LogP contribution in [0.3, 0.4) is 0 Å². The van der Waals surface area contributed by atoms with Crippen molar-refractivity contribution in [3.63, 3.8) is 0 Å². The average molecular weight is 625 g/mol. The van der Waals surface area contributed by atoms with Gasteiger partial charge in [0.1, 0.15) is 11.5 Å². The van der Waals surface area contributed by atoms with Crippen LogP contribution in [0.2, 0.25) is 0 Å². The van der Waals surface area contributed by atoms with E-state index < -0.39 is 18.3 Å². The normalized spacial score (nSPS) is 20.3. The van der Waals surface area contributed by atoms with Crippen molar-refractivity contribution in [3.05, 3.63) is 70.8 Å². The molecule has 4 heterocycles. The van der Waals surface area contributed by atoms with Crippen molar-refractivity contribution in [2.75, 3.05) is 26.3 Å². The molecule has 4 aliphatic rings. The van der Waals surface area contributed by atoms with Crippen LogP contribution in [0.5, 0.6) is 11.5 Å². The first-order valence-corrected chi connectivity index (χ1v) is 13.8. The van der Waals surface area contributed by atoms with Crippen LogP contribution in [0.15, 0.2) is 48.6 Å². The third-order valence-electron chi connectivity index (χ3n) is 7.82. The zero-order valence-electron chi connectivity index (χ0n) is 22.7. The fraction of sp³-hybridized carbons (Fsp3) is 0.387. The van der Waals surface area contributed by atoms with Crippen molar-refractivity contribution in [1.82, 2.24) is 9.80 Å². The van der Waals surface area contributed by atoms with Crippen LogP contribution in [0.1, 0.15) is 48.9 Å². The molecule has 2 aromatic rings. The summed E-state index contributed by atoms with van der Waals surface area (Å²) in [5.41, 5.74) is 5.13. The molecule has 2 amide bonds. The van der Waals surface area contributed by atoms with Gasteiger partial charge in [0, 0.05) is 48.2 Å². The molecule has 212 valence electrons. The number of amides is 2. The van der Waals surface area contributed by atoms with E-state index in [9.17, 15) is 14.4 Å². The Morgan fingerprint density at radius 1 is 0.714 bits per heavy atom. The van der Waals surface area contributed by atoms with E-state index >= 15 is 0 Å². The molecule has 0 saturated heterocycles. The van der Waals surface area contributed by atoms with Crippen LogP contribution in [-0.2, 0) is 22.3 Å². The van der Waals surface area contributed by atoms with Crippen LogP contribution in [0, 0.1) is 11.8 Å². The van der Waals surface area contributed by atoms with Gasteiger partial charge in [0.15, 0.2) is 0 Å². The molecule has 0 fully saturated rings. The fourth-order valence-corrected chi connectivity index (χ4v) is 5.87. The number of nitrogens with zero attached hydrogens (tertiary/aromatic N) is 2. The molecule has 6 rings (SSSR count). The first-order chi connectivity index (χ1) is 19.4. The van der Waals surface area contributed by atoms with E-state index in [-0.39, 0.29) is 115 Å². The number of ether oxygens (including phenoxy) is 4. The number of rotatable bonds is 2. The summed E-state index contributed by atoms with van der Waals surface area (Å²) in [6, 6.07) is 11.5. The van der Waals surface area contributed by atoms with Gasteiger partial charge < -0.3 is 18.9 Å². The Morgan fingerprint density at radius 3 is 1.57 bits per heavy atom. The van der Waals surface area contributed by atoms with Gasteiger partial charge in [0.25, 0.3) is 0 Å². The Labute approximate surface area is 330 Å². The molecule has 42 heavy (non-hydrogen) atoms. The molecule has 0 bridgehead atoms. The Bertz CT molecular complexity index is 1330. The summed E-state index contributed by atoms with van der Waals surface area (Å²) < 4.78 is 21.6. The van der Waals surface area contributed by atoms with E-state index in [1.165, 1.54) is 9.80 Å². The van der Waals surface area contributed by atoms with E-state index in [4.69, 9.17) is 18.9 Å². The molecule has 0 aliphatic carbocycles. The third kappa shape index (κ3) is 7.11. The molecule has 0 radical (unpaired) electrons. The number of hydrogen-bond donors (Lipinski definition) is 0. The van der Waals surface area contributed by atoms with Crippen molar-refractivity contribution in [3.8, 4) is 11.5 Å². The molecule has 0 N–H and O–H groups in total. The second-order valence-electron chi connectivity index (χ2n) is 10.8. The van der Waals surface area contributed by atoms with E-state index in [1.807, 2.05) is 62.4 Å². The van der Waals surface area contributed by atoms with E-state index in [2.05, 4.69) is 0 Å². The predicted octanol–water partition coefficient (Wildman–Crippen LogP) is 4.72. The van der Waals surface area contributed by atoms with E-state index in [1.54, 1.807) is 0 Å². The molecule has 0 unspecified atom stereocenters. The van der Waals surface area contributed by atoms with Crippen LogP contribution in [0.4, 0.5) is 14.4 Å². The van der Waals surface area contributed by atoms with Crippen molar-refractivity contribution >= 4 is 133 Å². The molecule has 0 aromatic heterocycles. The van der Waals surface area contributed by atoms with Gasteiger partial charge in [-0.3, -0.25) is 9.80 Å². The molecule has 0 saturated carbocycles. The van der Waals surface area contributed by atoms with Crippen molar-refractivity contribution in [2.45, 2.75) is 39.5 Å². The summed E-state index contributed by atoms with van der Waals surface area (Å²) >= 11 is 0. The quantitative estimate of drug-likeness (QED) is 0.271. The van der Waals surface area contributed by atoms with Crippen LogP contribution in [0.25, 0.3) is 11.4 Å². The first kappa shape index (κ1) is 33.9. The monoisotopic (exact) mass is 624 g/mol. The predicted molar refractivity (Wildman–Crippen MR) is 161 cm³/mol. The zero-order chi connectivity index (χ0) is 27.8. The fourth-order valence-electron chi connectivity index (χ4n) is 5.87. The Morgan fingerprint density at radius 2 is 1.14 bits per heavy atom. The maximum atomic E-state index is 13.2. The van der Waals surface area contributed by atoms with Gasteiger partial charge >= 0.3 is 121 Å². The number of hydrogen-bond acceptors (Lipinski definition) is 7. The summed E-state index contributed by atoms with van der Waals surface area (Å²) in [6.07, 6.45) is 3.88. The number of carbonyl (C=O) groups excluding carboxylic acids is 3. The number of fused-ring (bicyclic) bond motifs is 2. The van der Waals surface area contributed by atoms with Crippen LogP contribution >= 0.6 is 0 Å². The minimum absolute atomic E-state index is 0. The molecule has 4 aliphatic heterocycles. The average Bonchev–Trinajstić information content (AvgIpc) is 3.62. The van der Waals surface area contributed by atoms with E-state index in [0.717, 1.165) is 59.4 Å². The van der Waals surface area contributed by atoms with Gasteiger partial charge in [-0.1, -0.05) is 50.3 Å². The molecular formula is C31H34K2N2O7. The number of allylic oxidation sites excluding steroid dienone is 2. The summed E-state index contributed by atoms with van der Waals surface area (Å²) in [5.74, 6) is 1.93. The van der Waals surface area contributed by atoms with Crippen molar-refractivity contribution < 1.29 is 33.3 Å². The molecule has 11 heteroatoms. The van der Waals surface area contributed by atoms with Gasteiger partial charge in [-0.15, -0.1) is 0 Å². The van der Waals surface area contributed by atoms with Gasteiger partial charge in [0.2, 0.25) is 0 Å². The number of benzene rings is 2. The summed E-state index contributed by atoms with van der Waals surface area (Å²) in [5, 5.41) is 0. The van der Waals surface area contributed by atoms with Crippen molar-refractivity contribution in [1.29, 1.82) is 0 Å². The topological polar surface area (TPSA) is 94.6 Å². The minimum atomic E-state index is -1.35. The second kappa shape index (κ2) is 14.9. The SMILES string of the molecule is C[C@H]1CC=C(c2cccc3c2CCO3)N(C(=O)OC(=O)OC(=O)N2C[C@@H](C)CC=C2c2cccc3c2CCO3)C1.[KH].[KH]. The molecular weight excluding hydrogens is 591 g/mol. The molecule has 9 nitrogen and oxygen atoms in total.